The Morgan fingerprint density at radius 2 is 1.70 bits per heavy atom. The maximum absolute atomic E-state index is 12.5. The number of carbonyl (C=O) groups is 4. The zero-order valence-corrected chi connectivity index (χ0v) is 15.7. The van der Waals surface area contributed by atoms with E-state index in [0.29, 0.717) is 11.8 Å². The Hall–Kier alpha value is -2.70. The van der Waals surface area contributed by atoms with Crippen molar-refractivity contribution >= 4 is 23.8 Å². The Morgan fingerprint density at radius 3 is 2.41 bits per heavy atom. The van der Waals surface area contributed by atoms with Crippen LogP contribution in [0.5, 0.6) is 0 Å². The molecule has 1 aromatic carbocycles. The van der Waals surface area contributed by atoms with E-state index in [-0.39, 0.29) is 12.6 Å². The zero-order chi connectivity index (χ0) is 19.6. The van der Waals surface area contributed by atoms with Crippen molar-refractivity contribution in [2.45, 2.75) is 45.7 Å². The number of benzene rings is 1. The van der Waals surface area contributed by atoms with Gasteiger partial charge in [0.1, 0.15) is 6.54 Å². The molecule has 2 aliphatic rings. The molecule has 0 spiro atoms. The van der Waals surface area contributed by atoms with Crippen LogP contribution in [0.1, 0.15) is 38.7 Å². The van der Waals surface area contributed by atoms with E-state index in [1.165, 1.54) is 0 Å². The standard InChI is InChI=1S/C20H25N3O4/c1-13-7-6-10-16(14(13)2)21-17(24)12-23-19(26)18(25)22(20(23)27)11-15-8-4-3-5-9-15/h3-5,8-9,13-14,16H,6-7,10-12H2,1-2H3,(H,21,24)/t13-,14+,16+/m0/s1. The van der Waals surface area contributed by atoms with Crippen LogP contribution in [0.4, 0.5) is 4.79 Å². The maximum Gasteiger partial charge on any atom is 0.335 e. The van der Waals surface area contributed by atoms with Crippen molar-refractivity contribution in [2.24, 2.45) is 11.8 Å². The Bertz CT molecular complexity index is 749. The molecule has 0 unspecified atom stereocenters. The van der Waals surface area contributed by atoms with Gasteiger partial charge >= 0.3 is 17.8 Å². The number of amides is 5. The van der Waals surface area contributed by atoms with Gasteiger partial charge in [0, 0.05) is 6.04 Å². The molecule has 1 saturated carbocycles. The largest absolute Gasteiger partial charge is 0.352 e. The van der Waals surface area contributed by atoms with E-state index in [1.807, 2.05) is 6.07 Å². The smallest absolute Gasteiger partial charge is 0.335 e. The Labute approximate surface area is 158 Å². The van der Waals surface area contributed by atoms with Crippen molar-refractivity contribution in [1.82, 2.24) is 15.1 Å². The summed E-state index contributed by atoms with van der Waals surface area (Å²) in [6, 6.07) is 8.24. The van der Waals surface area contributed by atoms with E-state index < -0.39 is 30.3 Å². The van der Waals surface area contributed by atoms with Gasteiger partial charge < -0.3 is 5.32 Å². The summed E-state index contributed by atoms with van der Waals surface area (Å²) in [5.41, 5.74) is 0.739. The zero-order valence-electron chi connectivity index (χ0n) is 15.7. The van der Waals surface area contributed by atoms with Gasteiger partial charge in [0.25, 0.3) is 0 Å². The van der Waals surface area contributed by atoms with Crippen LogP contribution in [-0.4, -0.2) is 46.1 Å². The number of hydrogen-bond donors (Lipinski definition) is 1. The van der Waals surface area contributed by atoms with E-state index in [1.54, 1.807) is 24.3 Å². The Kier molecular flexibility index (Phi) is 5.58. The predicted molar refractivity (Wildman–Crippen MR) is 98.2 cm³/mol. The summed E-state index contributed by atoms with van der Waals surface area (Å²) in [7, 11) is 0. The van der Waals surface area contributed by atoms with Crippen LogP contribution < -0.4 is 5.32 Å². The van der Waals surface area contributed by atoms with Gasteiger partial charge in [0.05, 0.1) is 6.54 Å². The first kappa shape index (κ1) is 19.1. The highest BCUT2D eigenvalue weighted by Crippen LogP contribution is 2.29. The third-order valence-electron chi connectivity index (χ3n) is 5.67. The van der Waals surface area contributed by atoms with Gasteiger partial charge in [-0.15, -0.1) is 0 Å². The number of imide groups is 2. The monoisotopic (exact) mass is 371 g/mol. The number of rotatable bonds is 5. The third-order valence-corrected chi connectivity index (χ3v) is 5.67. The molecule has 7 nitrogen and oxygen atoms in total. The van der Waals surface area contributed by atoms with Crippen LogP contribution in [-0.2, 0) is 20.9 Å². The molecular formula is C20H25N3O4. The fraction of sp³-hybridized carbons (Fsp3) is 0.500. The molecule has 1 heterocycles. The second-order valence-corrected chi connectivity index (χ2v) is 7.49. The average Bonchev–Trinajstić information content (AvgIpc) is 2.84. The Morgan fingerprint density at radius 1 is 1.04 bits per heavy atom. The fourth-order valence-corrected chi connectivity index (χ4v) is 3.78. The molecule has 5 amide bonds. The topological polar surface area (TPSA) is 86.8 Å². The lowest BCUT2D eigenvalue weighted by Gasteiger charge is -2.34. The van der Waals surface area contributed by atoms with Gasteiger partial charge in [-0.05, 0) is 23.8 Å². The molecule has 0 aromatic heterocycles. The SMILES string of the molecule is C[C@@H]1[C@@H](C)CCC[C@H]1NC(=O)CN1C(=O)C(=O)N(Cc2ccccc2)C1=O. The predicted octanol–water partition coefficient (Wildman–Crippen LogP) is 1.92. The molecule has 27 heavy (non-hydrogen) atoms. The molecule has 3 rings (SSSR count). The molecule has 1 N–H and O–H groups in total. The molecule has 7 heteroatoms. The number of nitrogens with one attached hydrogen (secondary N) is 1. The van der Waals surface area contributed by atoms with Gasteiger partial charge in [0.15, 0.2) is 0 Å². The molecular weight excluding hydrogens is 346 g/mol. The van der Waals surface area contributed by atoms with E-state index in [9.17, 15) is 19.2 Å². The van der Waals surface area contributed by atoms with Crippen LogP contribution in [0.2, 0.25) is 0 Å². The summed E-state index contributed by atoms with van der Waals surface area (Å²) in [5, 5.41) is 2.93. The van der Waals surface area contributed by atoms with Crippen molar-refractivity contribution in [3.8, 4) is 0 Å². The number of carbonyl (C=O) groups excluding carboxylic acids is 4. The van der Waals surface area contributed by atoms with Crippen molar-refractivity contribution in [2.75, 3.05) is 6.54 Å². The summed E-state index contributed by atoms with van der Waals surface area (Å²) in [5.74, 6) is -1.39. The second kappa shape index (κ2) is 7.90. The lowest BCUT2D eigenvalue weighted by molar-refractivity contribution is -0.144. The molecule has 3 atom stereocenters. The summed E-state index contributed by atoms with van der Waals surface area (Å²) >= 11 is 0. The van der Waals surface area contributed by atoms with Gasteiger partial charge in [-0.3, -0.25) is 19.3 Å². The van der Waals surface area contributed by atoms with Crippen LogP contribution in [0.25, 0.3) is 0 Å². The molecule has 144 valence electrons. The summed E-state index contributed by atoms with van der Waals surface area (Å²) in [4.78, 5) is 50.9. The van der Waals surface area contributed by atoms with Crippen molar-refractivity contribution < 1.29 is 19.2 Å². The van der Waals surface area contributed by atoms with Crippen LogP contribution in [0.15, 0.2) is 30.3 Å². The minimum atomic E-state index is -0.948. The van der Waals surface area contributed by atoms with E-state index >= 15 is 0 Å². The first-order valence-corrected chi connectivity index (χ1v) is 9.39. The molecule has 1 aliphatic heterocycles. The van der Waals surface area contributed by atoms with E-state index in [2.05, 4.69) is 19.2 Å². The van der Waals surface area contributed by atoms with Crippen LogP contribution >= 0.6 is 0 Å². The van der Waals surface area contributed by atoms with Gasteiger partial charge in [-0.25, -0.2) is 9.69 Å². The van der Waals surface area contributed by atoms with Gasteiger partial charge in [-0.2, -0.15) is 0 Å². The van der Waals surface area contributed by atoms with Crippen molar-refractivity contribution in [3.63, 3.8) is 0 Å². The first-order chi connectivity index (χ1) is 12.9. The third kappa shape index (κ3) is 4.02. The summed E-state index contributed by atoms with van der Waals surface area (Å²) in [6.07, 6.45) is 3.07. The highest BCUT2D eigenvalue weighted by molar-refractivity contribution is 6.44. The molecule has 1 aliphatic carbocycles. The minimum Gasteiger partial charge on any atom is -0.352 e. The number of urea groups is 1. The summed E-state index contributed by atoms with van der Waals surface area (Å²) in [6.45, 7) is 3.86. The van der Waals surface area contributed by atoms with E-state index in [0.717, 1.165) is 34.6 Å². The summed E-state index contributed by atoms with van der Waals surface area (Å²) < 4.78 is 0. The molecule has 0 bridgehead atoms. The molecule has 1 saturated heterocycles. The van der Waals surface area contributed by atoms with E-state index in [4.69, 9.17) is 0 Å². The lowest BCUT2D eigenvalue weighted by Crippen LogP contribution is -2.48. The Balaban J connectivity index is 1.62. The van der Waals surface area contributed by atoms with Crippen molar-refractivity contribution in [3.05, 3.63) is 35.9 Å². The lowest BCUT2D eigenvalue weighted by atomic mass is 9.78. The van der Waals surface area contributed by atoms with Crippen LogP contribution in [0.3, 0.4) is 0 Å². The second-order valence-electron chi connectivity index (χ2n) is 7.49. The number of hydrogen-bond acceptors (Lipinski definition) is 4. The van der Waals surface area contributed by atoms with Gasteiger partial charge in [-0.1, -0.05) is 57.0 Å². The molecule has 0 radical (unpaired) electrons. The minimum absolute atomic E-state index is 0.0134. The fourth-order valence-electron chi connectivity index (χ4n) is 3.78. The average molecular weight is 371 g/mol. The van der Waals surface area contributed by atoms with Crippen molar-refractivity contribution in [1.29, 1.82) is 0 Å². The maximum atomic E-state index is 12.5. The van der Waals surface area contributed by atoms with Crippen LogP contribution in [0, 0.1) is 11.8 Å². The first-order valence-electron chi connectivity index (χ1n) is 9.39. The molecule has 1 aromatic rings. The van der Waals surface area contributed by atoms with Gasteiger partial charge in [0.2, 0.25) is 5.91 Å². The quantitative estimate of drug-likeness (QED) is 0.633. The highest BCUT2D eigenvalue weighted by Gasteiger charge is 2.45. The molecule has 2 fully saturated rings. The number of nitrogens with zero attached hydrogens (tertiary/aromatic N) is 2. The highest BCUT2D eigenvalue weighted by atomic mass is 16.2. The normalized spacial score (nSPS) is 25.9.